The number of likely N-dealkylation sites (tertiary alicyclic amines) is 1. The summed E-state index contributed by atoms with van der Waals surface area (Å²) in [6, 6.07) is 10.3. The summed E-state index contributed by atoms with van der Waals surface area (Å²) in [5, 5.41) is 26.7. The Balaban J connectivity index is 1.21. The van der Waals surface area contributed by atoms with Crippen LogP contribution in [0.3, 0.4) is 0 Å². The smallest absolute Gasteiger partial charge is 0.270 e. The number of aliphatic hydroxyl groups is 2. The normalized spacial score (nSPS) is 18.6. The Bertz CT molecular complexity index is 987. The average Bonchev–Trinajstić information content (AvgIpc) is 2.83. The molecule has 190 valence electrons. The highest BCUT2D eigenvalue weighted by molar-refractivity contribution is 5.92. The molecule has 9 heteroatoms. The molecule has 3 heterocycles. The van der Waals surface area contributed by atoms with Crippen molar-refractivity contribution in [3.8, 4) is 0 Å². The number of amides is 1. The van der Waals surface area contributed by atoms with Gasteiger partial charge < -0.3 is 25.7 Å². The summed E-state index contributed by atoms with van der Waals surface area (Å²) in [5.74, 6) is 0.303. The van der Waals surface area contributed by atoms with Crippen molar-refractivity contribution in [2.45, 2.75) is 57.4 Å². The van der Waals surface area contributed by atoms with Gasteiger partial charge in [-0.25, -0.2) is 9.97 Å². The van der Waals surface area contributed by atoms with Crippen LogP contribution < -0.4 is 10.6 Å². The highest BCUT2D eigenvalue weighted by Crippen LogP contribution is 2.19. The zero-order valence-electron chi connectivity index (χ0n) is 20.8. The van der Waals surface area contributed by atoms with Crippen LogP contribution in [0.2, 0.25) is 0 Å². The molecule has 35 heavy (non-hydrogen) atoms. The summed E-state index contributed by atoms with van der Waals surface area (Å²) in [4.78, 5) is 25.5. The first kappa shape index (κ1) is 25.5. The second kappa shape index (κ2) is 11.4. The van der Waals surface area contributed by atoms with E-state index in [2.05, 4.69) is 48.6 Å². The number of carbonyl (C=O) groups is 1. The molecule has 2 aliphatic rings. The van der Waals surface area contributed by atoms with E-state index in [9.17, 15) is 15.0 Å². The number of fused-ring (bicyclic) bond motifs is 1. The molecule has 2 aliphatic heterocycles. The number of β-amino-alcohol motifs (C(OH)–C–C–N with tert-alkyl or cyclic N) is 2. The first-order chi connectivity index (χ1) is 16.7. The lowest BCUT2D eigenvalue weighted by molar-refractivity contribution is 0.0291. The number of piperidine rings is 1. The summed E-state index contributed by atoms with van der Waals surface area (Å²) < 4.78 is 0. The number of benzene rings is 1. The number of hydrogen-bond donors (Lipinski definition) is 4. The zero-order chi connectivity index (χ0) is 24.8. The molecule has 0 bridgehead atoms. The van der Waals surface area contributed by atoms with Crippen LogP contribution in [-0.2, 0) is 13.0 Å². The van der Waals surface area contributed by atoms with Crippen LogP contribution in [0.5, 0.6) is 0 Å². The Labute approximate surface area is 207 Å². The van der Waals surface area contributed by atoms with Gasteiger partial charge in [-0.15, -0.1) is 0 Å². The number of nitrogens with zero attached hydrogens (tertiary/aromatic N) is 4. The minimum atomic E-state index is -0.692. The molecular formula is C26H38N6O3. The second-order valence-corrected chi connectivity index (χ2v) is 10.4. The molecule has 0 unspecified atom stereocenters. The summed E-state index contributed by atoms with van der Waals surface area (Å²) >= 11 is 0. The first-order valence-electron chi connectivity index (χ1n) is 12.5. The maximum absolute atomic E-state index is 12.6. The van der Waals surface area contributed by atoms with Crippen LogP contribution in [0.4, 0.5) is 5.82 Å². The monoisotopic (exact) mass is 482 g/mol. The third-order valence-electron chi connectivity index (χ3n) is 6.63. The predicted octanol–water partition coefficient (Wildman–Crippen LogP) is 1.27. The van der Waals surface area contributed by atoms with Crippen molar-refractivity contribution < 1.29 is 15.0 Å². The van der Waals surface area contributed by atoms with Gasteiger partial charge in [-0.05, 0) is 44.2 Å². The molecule has 1 aromatic heterocycles. The Kier molecular flexibility index (Phi) is 8.33. The topological polar surface area (TPSA) is 114 Å². The molecule has 1 atom stereocenters. The van der Waals surface area contributed by atoms with Crippen LogP contribution in [0, 0.1) is 0 Å². The lowest BCUT2D eigenvalue weighted by Crippen LogP contribution is -2.45. The van der Waals surface area contributed by atoms with E-state index in [1.54, 1.807) is 6.07 Å². The van der Waals surface area contributed by atoms with E-state index >= 15 is 0 Å². The van der Waals surface area contributed by atoms with Gasteiger partial charge in [0.15, 0.2) is 0 Å². The van der Waals surface area contributed by atoms with Gasteiger partial charge in [-0.1, -0.05) is 24.3 Å². The van der Waals surface area contributed by atoms with Crippen molar-refractivity contribution in [2.75, 3.05) is 44.6 Å². The van der Waals surface area contributed by atoms with Crippen LogP contribution in [0.25, 0.3) is 0 Å². The van der Waals surface area contributed by atoms with Crippen molar-refractivity contribution in [2.24, 2.45) is 0 Å². The van der Waals surface area contributed by atoms with Crippen LogP contribution in [0.1, 0.15) is 48.3 Å². The molecule has 4 rings (SSSR count). The Hall–Kier alpha value is -2.59. The summed E-state index contributed by atoms with van der Waals surface area (Å²) in [7, 11) is 0. The van der Waals surface area contributed by atoms with Crippen molar-refractivity contribution in [3.63, 3.8) is 0 Å². The van der Waals surface area contributed by atoms with Gasteiger partial charge in [-0.2, -0.15) is 0 Å². The van der Waals surface area contributed by atoms with Gasteiger partial charge in [0, 0.05) is 57.9 Å². The quantitative estimate of drug-likeness (QED) is 0.423. The Morgan fingerprint density at radius 3 is 2.63 bits per heavy atom. The fourth-order valence-corrected chi connectivity index (χ4v) is 4.93. The van der Waals surface area contributed by atoms with E-state index in [4.69, 9.17) is 0 Å². The zero-order valence-corrected chi connectivity index (χ0v) is 20.8. The van der Waals surface area contributed by atoms with Gasteiger partial charge in [0.05, 0.1) is 11.7 Å². The molecule has 2 aromatic rings. The van der Waals surface area contributed by atoms with E-state index in [1.165, 1.54) is 17.5 Å². The molecule has 9 nitrogen and oxygen atoms in total. The van der Waals surface area contributed by atoms with Gasteiger partial charge in [0.25, 0.3) is 5.91 Å². The van der Waals surface area contributed by atoms with Crippen molar-refractivity contribution in [3.05, 3.63) is 53.5 Å². The van der Waals surface area contributed by atoms with Gasteiger partial charge in [0.2, 0.25) is 0 Å². The van der Waals surface area contributed by atoms with Gasteiger partial charge in [-0.3, -0.25) is 9.69 Å². The molecule has 0 radical (unpaired) electrons. The van der Waals surface area contributed by atoms with Crippen LogP contribution >= 0.6 is 0 Å². The average molecular weight is 483 g/mol. The van der Waals surface area contributed by atoms with E-state index in [1.807, 2.05) is 19.9 Å². The van der Waals surface area contributed by atoms with E-state index < -0.39 is 11.7 Å². The SMILES string of the molecule is CC(C)(O)CN1CCC(Nc2cc(C(=O)NC[C@H](O)CN3CCc4ccccc4C3)ncn2)CC1. The lowest BCUT2D eigenvalue weighted by atomic mass is 10.00. The largest absolute Gasteiger partial charge is 0.390 e. The highest BCUT2D eigenvalue weighted by atomic mass is 16.3. The molecule has 0 saturated carbocycles. The van der Waals surface area contributed by atoms with Crippen molar-refractivity contribution >= 4 is 11.7 Å². The molecule has 4 N–H and O–H groups in total. The van der Waals surface area contributed by atoms with Crippen molar-refractivity contribution in [1.82, 2.24) is 25.1 Å². The maximum atomic E-state index is 12.6. The minimum absolute atomic E-state index is 0.170. The van der Waals surface area contributed by atoms with Crippen LogP contribution in [0.15, 0.2) is 36.7 Å². The summed E-state index contributed by atoms with van der Waals surface area (Å²) in [6.07, 6.45) is 3.59. The van der Waals surface area contributed by atoms with Crippen LogP contribution in [-0.4, -0.2) is 92.9 Å². The fourth-order valence-electron chi connectivity index (χ4n) is 4.93. The number of carbonyl (C=O) groups excluding carboxylic acids is 1. The number of aromatic nitrogens is 2. The third kappa shape index (κ3) is 7.70. The summed E-state index contributed by atoms with van der Waals surface area (Å²) in [5.41, 5.74) is 2.27. The van der Waals surface area contributed by atoms with E-state index in [-0.39, 0.29) is 24.2 Å². The molecular weight excluding hydrogens is 444 g/mol. The predicted molar refractivity (Wildman–Crippen MR) is 135 cm³/mol. The Morgan fingerprint density at radius 2 is 1.89 bits per heavy atom. The number of nitrogens with one attached hydrogen (secondary N) is 2. The summed E-state index contributed by atoms with van der Waals surface area (Å²) in [6.45, 7) is 8.53. The molecule has 1 aromatic carbocycles. The van der Waals surface area contributed by atoms with E-state index in [0.717, 1.165) is 45.4 Å². The number of anilines is 1. The lowest BCUT2D eigenvalue weighted by Gasteiger charge is -2.35. The standard InChI is InChI=1S/C26H38N6O3/c1-26(2,35)17-31-11-8-21(9-12-31)30-24-13-23(28-18-29-24)25(34)27-14-22(33)16-32-10-7-19-5-3-4-6-20(19)15-32/h3-6,13,18,21-22,33,35H,7-12,14-17H2,1-2H3,(H,27,34)(H,28,29,30)/t22-/m0/s1. The third-order valence-corrected chi connectivity index (χ3v) is 6.63. The molecule has 0 spiro atoms. The maximum Gasteiger partial charge on any atom is 0.270 e. The van der Waals surface area contributed by atoms with Gasteiger partial charge >= 0.3 is 0 Å². The minimum Gasteiger partial charge on any atom is -0.390 e. The second-order valence-electron chi connectivity index (χ2n) is 10.4. The highest BCUT2D eigenvalue weighted by Gasteiger charge is 2.24. The number of rotatable bonds is 9. The van der Waals surface area contributed by atoms with E-state index in [0.29, 0.717) is 18.9 Å². The van der Waals surface area contributed by atoms with Gasteiger partial charge in [0.1, 0.15) is 17.8 Å². The first-order valence-corrected chi connectivity index (χ1v) is 12.5. The molecule has 1 saturated heterocycles. The molecule has 1 fully saturated rings. The van der Waals surface area contributed by atoms with Crippen molar-refractivity contribution in [1.29, 1.82) is 0 Å². The number of hydrogen-bond acceptors (Lipinski definition) is 8. The Morgan fingerprint density at radius 1 is 1.14 bits per heavy atom. The number of aliphatic hydroxyl groups excluding tert-OH is 1. The molecule has 1 amide bonds. The fraction of sp³-hybridized carbons (Fsp3) is 0.577. The molecule has 0 aliphatic carbocycles.